The number of nitrogens with zero attached hydrogens (tertiary/aromatic N) is 5. The van der Waals surface area contributed by atoms with Gasteiger partial charge in [-0.3, -0.25) is 19.5 Å². The largest absolute Gasteiger partial charge is 0.378 e. The first-order valence-electron chi connectivity index (χ1n) is 8.04. The van der Waals surface area contributed by atoms with Gasteiger partial charge in [0.05, 0.1) is 23.9 Å². The number of amides is 1. The van der Waals surface area contributed by atoms with Crippen molar-refractivity contribution >= 4 is 46.6 Å². The van der Waals surface area contributed by atoms with Gasteiger partial charge >= 0.3 is 0 Å². The van der Waals surface area contributed by atoms with Gasteiger partial charge in [-0.1, -0.05) is 23.4 Å². The van der Waals surface area contributed by atoms with E-state index in [0.29, 0.717) is 24.1 Å². The highest BCUT2D eigenvalue weighted by Crippen LogP contribution is 2.27. The summed E-state index contributed by atoms with van der Waals surface area (Å²) in [4.78, 5) is 24.5. The number of hydrogen-bond acceptors (Lipinski definition) is 8. The van der Waals surface area contributed by atoms with Gasteiger partial charge in [0.15, 0.2) is 5.16 Å². The summed E-state index contributed by atoms with van der Waals surface area (Å²) in [6, 6.07) is 4.11. The number of halogens is 1. The van der Waals surface area contributed by atoms with Crippen molar-refractivity contribution in [1.82, 2.24) is 14.8 Å². The smallest absolute Gasteiger partial charge is 0.289 e. The van der Waals surface area contributed by atoms with E-state index in [4.69, 9.17) is 16.3 Å². The zero-order valence-electron chi connectivity index (χ0n) is 14.4. The first-order valence-corrected chi connectivity index (χ1v) is 9.40. The van der Waals surface area contributed by atoms with E-state index in [2.05, 4.69) is 20.4 Å². The van der Waals surface area contributed by atoms with Crippen LogP contribution in [-0.4, -0.2) is 57.7 Å². The van der Waals surface area contributed by atoms with E-state index in [9.17, 15) is 14.9 Å². The SMILES string of the molecule is Cn1c(SCC(=O)Nc2ccc(Cl)c([N+](=O)[O-])c2)nnc1N1CCOCC1. The highest BCUT2D eigenvalue weighted by molar-refractivity contribution is 7.99. The first-order chi connectivity index (χ1) is 13.0. The van der Waals surface area contributed by atoms with Gasteiger partial charge in [0.25, 0.3) is 5.69 Å². The molecule has 0 atom stereocenters. The Hall–Kier alpha value is -2.37. The van der Waals surface area contributed by atoms with E-state index in [1.165, 1.54) is 30.0 Å². The van der Waals surface area contributed by atoms with Crippen molar-refractivity contribution in [1.29, 1.82) is 0 Å². The Kier molecular flexibility index (Phi) is 6.14. The van der Waals surface area contributed by atoms with Crippen LogP contribution in [-0.2, 0) is 16.6 Å². The molecule has 0 unspecified atom stereocenters. The van der Waals surface area contributed by atoms with Crippen molar-refractivity contribution in [3.8, 4) is 0 Å². The lowest BCUT2D eigenvalue weighted by molar-refractivity contribution is -0.384. The fourth-order valence-electron chi connectivity index (χ4n) is 2.53. The molecule has 3 rings (SSSR count). The summed E-state index contributed by atoms with van der Waals surface area (Å²) in [7, 11) is 1.84. The third-order valence-corrected chi connectivity index (χ3v) is 5.20. The minimum atomic E-state index is -0.598. The molecule has 0 aliphatic carbocycles. The van der Waals surface area contributed by atoms with Crippen molar-refractivity contribution in [2.24, 2.45) is 7.05 Å². The summed E-state index contributed by atoms with van der Waals surface area (Å²) in [5.41, 5.74) is 0.0502. The van der Waals surface area contributed by atoms with Crippen LogP contribution in [0.4, 0.5) is 17.3 Å². The number of aromatic nitrogens is 3. The summed E-state index contributed by atoms with van der Waals surface area (Å²) in [5.74, 6) is 0.507. The van der Waals surface area contributed by atoms with Crippen molar-refractivity contribution in [3.63, 3.8) is 0 Å². The second-order valence-corrected chi connectivity index (χ2v) is 7.05. The molecule has 1 amide bonds. The van der Waals surface area contributed by atoms with Crippen molar-refractivity contribution in [2.45, 2.75) is 5.16 Å². The second kappa shape index (κ2) is 8.55. The molecule has 2 aromatic rings. The van der Waals surface area contributed by atoms with Crippen molar-refractivity contribution in [3.05, 3.63) is 33.3 Å². The fraction of sp³-hybridized carbons (Fsp3) is 0.400. The lowest BCUT2D eigenvalue weighted by Crippen LogP contribution is -2.37. The Morgan fingerprint density at radius 1 is 1.41 bits per heavy atom. The number of thioether (sulfide) groups is 1. The van der Waals surface area contributed by atoms with Gasteiger partial charge in [-0.05, 0) is 12.1 Å². The zero-order valence-corrected chi connectivity index (χ0v) is 16.0. The van der Waals surface area contributed by atoms with E-state index in [1.807, 2.05) is 11.6 Å². The van der Waals surface area contributed by atoms with Gasteiger partial charge in [-0.2, -0.15) is 0 Å². The molecule has 2 heterocycles. The Bertz CT molecular complexity index is 855. The van der Waals surface area contributed by atoms with Gasteiger partial charge in [0.1, 0.15) is 5.02 Å². The number of hydrogen-bond donors (Lipinski definition) is 1. The Morgan fingerprint density at radius 3 is 2.85 bits per heavy atom. The number of benzene rings is 1. The Morgan fingerprint density at radius 2 is 2.15 bits per heavy atom. The highest BCUT2D eigenvalue weighted by Gasteiger charge is 2.19. The number of morpholine rings is 1. The molecule has 1 aliphatic heterocycles. The van der Waals surface area contributed by atoms with Crippen LogP contribution in [0.3, 0.4) is 0 Å². The monoisotopic (exact) mass is 412 g/mol. The van der Waals surface area contributed by atoms with Crippen LogP contribution in [0.25, 0.3) is 0 Å². The van der Waals surface area contributed by atoms with Gasteiger partial charge < -0.3 is 15.0 Å². The molecular weight excluding hydrogens is 396 g/mol. The third kappa shape index (κ3) is 4.67. The topological polar surface area (TPSA) is 115 Å². The number of anilines is 2. The molecule has 0 radical (unpaired) electrons. The molecular formula is C15H17ClN6O4S. The molecule has 1 N–H and O–H groups in total. The summed E-state index contributed by atoms with van der Waals surface area (Å²) < 4.78 is 7.16. The molecule has 144 valence electrons. The number of carbonyl (C=O) groups excluding carboxylic acids is 1. The lowest BCUT2D eigenvalue weighted by Gasteiger charge is -2.27. The predicted molar refractivity (Wildman–Crippen MR) is 101 cm³/mol. The minimum Gasteiger partial charge on any atom is -0.378 e. The molecule has 1 fully saturated rings. The predicted octanol–water partition coefficient (Wildman–Crippen LogP) is 1.94. The summed E-state index contributed by atoms with van der Waals surface area (Å²) in [6.07, 6.45) is 0. The standard InChI is InChI=1S/C15H17ClN6O4S/c1-20-14(21-4-6-26-7-5-21)18-19-15(20)27-9-13(23)17-10-2-3-11(16)12(8-10)22(24)25/h2-3,8H,4-7,9H2,1H3,(H,17,23). The number of rotatable bonds is 6. The fourth-order valence-corrected chi connectivity index (χ4v) is 3.42. The quantitative estimate of drug-likeness (QED) is 0.434. The van der Waals surface area contributed by atoms with Crippen LogP contribution < -0.4 is 10.2 Å². The maximum Gasteiger partial charge on any atom is 0.289 e. The Labute approximate surface area is 164 Å². The normalized spacial score (nSPS) is 14.2. The van der Waals surface area contributed by atoms with E-state index in [-0.39, 0.29) is 22.4 Å². The number of ether oxygens (including phenoxy) is 1. The van der Waals surface area contributed by atoms with Gasteiger partial charge in [0.2, 0.25) is 11.9 Å². The number of nitrogens with one attached hydrogen (secondary N) is 1. The van der Waals surface area contributed by atoms with Crippen molar-refractivity contribution < 1.29 is 14.5 Å². The molecule has 10 nitrogen and oxygen atoms in total. The molecule has 1 aromatic carbocycles. The average Bonchev–Trinajstić information content (AvgIpc) is 3.02. The van der Waals surface area contributed by atoms with E-state index in [1.54, 1.807) is 0 Å². The molecule has 0 spiro atoms. The summed E-state index contributed by atoms with van der Waals surface area (Å²) in [5, 5.41) is 22.5. The van der Waals surface area contributed by atoms with Gasteiger partial charge in [0, 0.05) is 31.9 Å². The van der Waals surface area contributed by atoms with Crippen LogP contribution in [0.2, 0.25) is 5.02 Å². The molecule has 1 aromatic heterocycles. The molecule has 0 saturated carbocycles. The van der Waals surface area contributed by atoms with Crippen molar-refractivity contribution in [2.75, 3.05) is 42.3 Å². The van der Waals surface area contributed by atoms with Crippen LogP contribution in [0, 0.1) is 10.1 Å². The van der Waals surface area contributed by atoms with E-state index in [0.717, 1.165) is 19.0 Å². The van der Waals surface area contributed by atoms with Crippen LogP contribution in [0.5, 0.6) is 0 Å². The van der Waals surface area contributed by atoms with Crippen LogP contribution in [0.15, 0.2) is 23.4 Å². The minimum absolute atomic E-state index is 0.0158. The van der Waals surface area contributed by atoms with Gasteiger partial charge in [-0.25, -0.2) is 0 Å². The average molecular weight is 413 g/mol. The summed E-state index contributed by atoms with van der Waals surface area (Å²) in [6.45, 7) is 2.77. The number of nitro benzene ring substituents is 1. The zero-order chi connectivity index (χ0) is 19.4. The molecule has 0 bridgehead atoms. The van der Waals surface area contributed by atoms with E-state index < -0.39 is 4.92 Å². The van der Waals surface area contributed by atoms with Crippen LogP contribution in [0.1, 0.15) is 0 Å². The second-order valence-electron chi connectivity index (χ2n) is 5.70. The number of carbonyl (C=O) groups is 1. The molecule has 1 aliphatic rings. The first kappa shape index (κ1) is 19.4. The maximum atomic E-state index is 12.2. The van der Waals surface area contributed by atoms with Crippen LogP contribution >= 0.6 is 23.4 Å². The van der Waals surface area contributed by atoms with E-state index >= 15 is 0 Å². The molecule has 1 saturated heterocycles. The number of nitro groups is 1. The molecule has 12 heteroatoms. The maximum absolute atomic E-state index is 12.2. The van der Waals surface area contributed by atoms with Gasteiger partial charge in [-0.15, -0.1) is 10.2 Å². The lowest BCUT2D eigenvalue weighted by atomic mass is 10.3. The Balaban J connectivity index is 1.59. The highest BCUT2D eigenvalue weighted by atomic mass is 35.5. The molecule has 27 heavy (non-hydrogen) atoms. The summed E-state index contributed by atoms with van der Waals surface area (Å²) >= 11 is 7.00. The third-order valence-electron chi connectivity index (χ3n) is 3.86.